The molecule has 0 aromatic heterocycles. The summed E-state index contributed by atoms with van der Waals surface area (Å²) in [6.45, 7) is 2.03. The lowest BCUT2D eigenvalue weighted by atomic mass is 9.97. The van der Waals surface area contributed by atoms with Gasteiger partial charge in [-0.1, -0.05) is 42.5 Å². The number of hydrogen-bond acceptors (Lipinski definition) is 0. The smallest absolute Gasteiger partial charge is 0.288 e. The first-order chi connectivity index (χ1) is 7.83. The Balaban J connectivity index is 2.59. The third-order valence-electron chi connectivity index (χ3n) is 2.66. The van der Waals surface area contributed by atoms with E-state index in [9.17, 15) is 0 Å². The summed E-state index contributed by atoms with van der Waals surface area (Å²) in [4.78, 5) is 3.08. The van der Waals surface area contributed by atoms with Gasteiger partial charge in [0.15, 0.2) is 0 Å². The van der Waals surface area contributed by atoms with Crippen LogP contribution >= 0.6 is 0 Å². The zero-order valence-corrected chi connectivity index (χ0v) is 9.09. The first-order valence-corrected chi connectivity index (χ1v) is 5.15. The van der Waals surface area contributed by atoms with E-state index in [2.05, 4.69) is 23.0 Å². The van der Waals surface area contributed by atoms with Crippen LogP contribution in [0.25, 0.3) is 16.7 Å². The van der Waals surface area contributed by atoms with Crippen LogP contribution in [0.1, 0.15) is 11.1 Å². The summed E-state index contributed by atoms with van der Waals surface area (Å²) in [7, 11) is 0. The van der Waals surface area contributed by atoms with Gasteiger partial charge in [-0.2, -0.15) is 4.79 Å². The number of hydrogen-bond donors (Lipinski definition) is 0. The van der Waals surface area contributed by atoms with Gasteiger partial charge in [0, 0.05) is 0 Å². The minimum Gasteiger partial charge on any atom is -0.361 e. The lowest BCUT2D eigenvalue weighted by Gasteiger charge is -2.06. The zero-order valence-electron chi connectivity index (χ0n) is 9.09. The molecular formula is C14H12N2. The summed E-state index contributed by atoms with van der Waals surface area (Å²) < 4.78 is 0. The van der Waals surface area contributed by atoms with E-state index in [0.717, 1.165) is 16.7 Å². The molecule has 0 amide bonds. The molecule has 0 unspecified atom stereocenters. The Hall–Kier alpha value is -2.18. The van der Waals surface area contributed by atoms with Gasteiger partial charge in [-0.05, 0) is 29.7 Å². The van der Waals surface area contributed by atoms with Crippen molar-refractivity contribution in [3.05, 3.63) is 65.2 Å². The summed E-state index contributed by atoms with van der Waals surface area (Å²) in [6.07, 6.45) is 1.46. The van der Waals surface area contributed by atoms with Crippen molar-refractivity contribution in [2.75, 3.05) is 0 Å². The fourth-order valence-electron chi connectivity index (χ4n) is 1.79. The predicted octanol–water partition coefficient (Wildman–Crippen LogP) is 3.31. The zero-order chi connectivity index (χ0) is 11.4. The molecule has 0 aliphatic rings. The van der Waals surface area contributed by atoms with Crippen molar-refractivity contribution in [3.8, 4) is 11.1 Å². The van der Waals surface area contributed by atoms with Gasteiger partial charge in [-0.15, -0.1) is 0 Å². The Bertz CT molecular complexity index is 538. The number of nitrogens with zero attached hydrogens (tertiary/aromatic N) is 2. The molecule has 2 heteroatoms. The summed E-state index contributed by atoms with van der Waals surface area (Å²) in [5, 5.41) is 0. The Labute approximate surface area is 94.8 Å². The van der Waals surface area contributed by atoms with Gasteiger partial charge in [0.1, 0.15) is 0 Å². The summed E-state index contributed by atoms with van der Waals surface area (Å²) in [5.74, 6) is 0. The second-order valence-electron chi connectivity index (χ2n) is 3.63. The molecule has 0 atom stereocenters. The topological polar surface area (TPSA) is 36.4 Å². The van der Waals surface area contributed by atoms with Crippen LogP contribution < -0.4 is 0 Å². The van der Waals surface area contributed by atoms with Crippen LogP contribution in [0.5, 0.6) is 0 Å². The molecule has 2 aromatic carbocycles. The minimum atomic E-state index is 0.934. The standard InChI is InChI=1S/C14H12N2/c1-11-13(10-16-15)8-5-9-14(11)12-6-3-2-4-7-12/h2-10H,1H3. The Morgan fingerprint density at radius 2 is 1.75 bits per heavy atom. The number of benzene rings is 2. The summed E-state index contributed by atoms with van der Waals surface area (Å²) in [5.41, 5.74) is 13.0. The van der Waals surface area contributed by atoms with E-state index in [0.29, 0.717) is 0 Å². The molecule has 0 fully saturated rings. The third-order valence-corrected chi connectivity index (χ3v) is 2.66. The van der Waals surface area contributed by atoms with E-state index in [1.807, 2.05) is 37.3 Å². The SMILES string of the molecule is Cc1c(C=[N+]=[N-])cccc1-c1ccccc1. The first kappa shape index (κ1) is 10.3. The molecule has 0 radical (unpaired) electrons. The van der Waals surface area contributed by atoms with Crippen LogP contribution in [0.15, 0.2) is 48.5 Å². The highest BCUT2D eigenvalue weighted by Gasteiger charge is 2.05. The molecule has 0 heterocycles. The van der Waals surface area contributed by atoms with Crippen molar-refractivity contribution in [2.24, 2.45) is 0 Å². The second kappa shape index (κ2) is 4.56. The Morgan fingerprint density at radius 3 is 2.44 bits per heavy atom. The van der Waals surface area contributed by atoms with Crippen LogP contribution in [0.3, 0.4) is 0 Å². The molecule has 16 heavy (non-hydrogen) atoms. The first-order valence-electron chi connectivity index (χ1n) is 5.15. The maximum atomic E-state index is 8.58. The molecule has 2 rings (SSSR count). The van der Waals surface area contributed by atoms with E-state index in [1.54, 1.807) is 0 Å². The third kappa shape index (κ3) is 1.92. The van der Waals surface area contributed by atoms with Crippen molar-refractivity contribution in [1.82, 2.24) is 0 Å². The highest BCUT2D eigenvalue weighted by molar-refractivity contribution is 5.82. The van der Waals surface area contributed by atoms with Gasteiger partial charge in [0.25, 0.3) is 6.21 Å². The molecule has 78 valence electrons. The molecule has 2 nitrogen and oxygen atoms in total. The van der Waals surface area contributed by atoms with Crippen LogP contribution in [0.2, 0.25) is 0 Å². The van der Waals surface area contributed by atoms with Gasteiger partial charge in [0.05, 0.1) is 5.56 Å². The van der Waals surface area contributed by atoms with Gasteiger partial charge in [-0.25, -0.2) is 0 Å². The maximum absolute atomic E-state index is 8.58. The van der Waals surface area contributed by atoms with E-state index in [1.165, 1.54) is 11.8 Å². The number of rotatable bonds is 2. The molecule has 0 spiro atoms. The summed E-state index contributed by atoms with van der Waals surface area (Å²) in [6, 6.07) is 16.1. The average Bonchev–Trinajstić information content (AvgIpc) is 2.33. The van der Waals surface area contributed by atoms with E-state index in [4.69, 9.17) is 5.53 Å². The van der Waals surface area contributed by atoms with Crippen molar-refractivity contribution < 1.29 is 4.79 Å². The lowest BCUT2D eigenvalue weighted by Crippen LogP contribution is -1.91. The Kier molecular flexibility index (Phi) is 2.95. The van der Waals surface area contributed by atoms with Gasteiger partial charge in [0.2, 0.25) is 0 Å². The fourth-order valence-corrected chi connectivity index (χ4v) is 1.79. The van der Waals surface area contributed by atoms with E-state index < -0.39 is 0 Å². The lowest BCUT2D eigenvalue weighted by molar-refractivity contribution is 0.00453. The highest BCUT2D eigenvalue weighted by atomic mass is 14.8. The van der Waals surface area contributed by atoms with Crippen LogP contribution in [-0.4, -0.2) is 11.0 Å². The molecule has 0 aliphatic heterocycles. The largest absolute Gasteiger partial charge is 0.361 e. The molecular weight excluding hydrogens is 196 g/mol. The van der Waals surface area contributed by atoms with Crippen molar-refractivity contribution in [1.29, 1.82) is 0 Å². The monoisotopic (exact) mass is 208 g/mol. The molecule has 0 aliphatic carbocycles. The average molecular weight is 208 g/mol. The fraction of sp³-hybridized carbons (Fsp3) is 0.0714. The summed E-state index contributed by atoms with van der Waals surface area (Å²) >= 11 is 0. The molecule has 0 saturated heterocycles. The Morgan fingerprint density at radius 1 is 1.00 bits per heavy atom. The van der Waals surface area contributed by atoms with Crippen molar-refractivity contribution >= 4 is 6.21 Å². The molecule has 0 saturated carbocycles. The van der Waals surface area contributed by atoms with Crippen LogP contribution in [0.4, 0.5) is 0 Å². The molecule has 2 aromatic rings. The molecule has 0 bridgehead atoms. The molecule has 0 N–H and O–H groups in total. The maximum Gasteiger partial charge on any atom is 0.288 e. The van der Waals surface area contributed by atoms with Crippen LogP contribution in [-0.2, 0) is 0 Å². The minimum absolute atomic E-state index is 0.934. The van der Waals surface area contributed by atoms with E-state index in [-0.39, 0.29) is 0 Å². The van der Waals surface area contributed by atoms with Crippen LogP contribution in [0, 0.1) is 6.92 Å². The van der Waals surface area contributed by atoms with E-state index >= 15 is 0 Å². The van der Waals surface area contributed by atoms with Gasteiger partial charge in [-0.3, -0.25) is 0 Å². The van der Waals surface area contributed by atoms with Crippen molar-refractivity contribution in [3.63, 3.8) is 0 Å². The highest BCUT2D eigenvalue weighted by Crippen LogP contribution is 2.24. The second-order valence-corrected chi connectivity index (χ2v) is 3.63. The van der Waals surface area contributed by atoms with Gasteiger partial charge < -0.3 is 5.53 Å². The van der Waals surface area contributed by atoms with Crippen molar-refractivity contribution in [2.45, 2.75) is 6.92 Å². The van der Waals surface area contributed by atoms with Gasteiger partial charge >= 0.3 is 0 Å². The predicted molar refractivity (Wildman–Crippen MR) is 65.4 cm³/mol. The normalized spacial score (nSPS) is 9.56. The quantitative estimate of drug-likeness (QED) is 0.412.